The molecular weight excluding hydrogens is 505 g/mol. The molecule has 0 atom stereocenters. The first-order valence-corrected chi connectivity index (χ1v) is 14.2. The molecule has 0 radical (unpaired) electrons. The molecule has 41 heavy (non-hydrogen) atoms. The highest BCUT2D eigenvalue weighted by molar-refractivity contribution is 6.66. The van der Waals surface area contributed by atoms with Crippen molar-refractivity contribution < 1.29 is 13.7 Å². The number of para-hydroxylation sites is 3. The van der Waals surface area contributed by atoms with Crippen LogP contribution in [0.5, 0.6) is 0 Å². The Morgan fingerprint density at radius 1 is 0.561 bits per heavy atom. The molecule has 0 aliphatic carbocycles. The Morgan fingerprint density at radius 2 is 1.22 bits per heavy atom. The van der Waals surface area contributed by atoms with Crippen LogP contribution in [-0.4, -0.2) is 22.9 Å². The van der Waals surface area contributed by atoms with Gasteiger partial charge in [-0.15, -0.1) is 0 Å². The second-order valence-corrected chi connectivity index (χ2v) is 12.0. The zero-order valence-electron chi connectivity index (χ0n) is 23.6. The predicted molar refractivity (Wildman–Crippen MR) is 169 cm³/mol. The van der Waals surface area contributed by atoms with Crippen LogP contribution in [0.1, 0.15) is 27.7 Å². The molecule has 1 saturated heterocycles. The molecule has 5 aromatic carbocycles. The van der Waals surface area contributed by atoms with Gasteiger partial charge >= 0.3 is 7.12 Å². The van der Waals surface area contributed by atoms with E-state index in [1.54, 1.807) is 0 Å². The fourth-order valence-electron chi connectivity index (χ4n) is 6.22. The molecule has 1 aliphatic heterocycles. The number of hydrogen-bond donors (Lipinski definition) is 0. The predicted octanol–water partition coefficient (Wildman–Crippen LogP) is 8.65. The van der Waals surface area contributed by atoms with E-state index in [2.05, 4.69) is 129 Å². The summed E-state index contributed by atoms with van der Waals surface area (Å²) in [4.78, 5) is 0. The van der Waals surface area contributed by atoms with Crippen LogP contribution < -0.4 is 5.46 Å². The highest BCUT2D eigenvalue weighted by atomic mass is 16.7. The van der Waals surface area contributed by atoms with E-state index >= 15 is 0 Å². The third-order valence-corrected chi connectivity index (χ3v) is 9.04. The van der Waals surface area contributed by atoms with Crippen LogP contribution in [0.4, 0.5) is 0 Å². The lowest BCUT2D eigenvalue weighted by atomic mass is 9.75. The minimum absolute atomic E-state index is 0.447. The average molecular weight is 535 g/mol. The SMILES string of the molecule is CC1(C)OB(c2cc(-c3ccc4c(c3)c3ccccc3n4-c3ccccc3)cc3oc4ccccc4c23)OC1(C)C. The molecule has 3 heterocycles. The summed E-state index contributed by atoms with van der Waals surface area (Å²) in [6, 6.07) is 38.5. The van der Waals surface area contributed by atoms with Crippen LogP contribution in [0.3, 0.4) is 0 Å². The lowest BCUT2D eigenvalue weighted by Gasteiger charge is -2.32. The van der Waals surface area contributed by atoms with Gasteiger partial charge in [0.05, 0.1) is 22.2 Å². The number of rotatable bonds is 3. The molecule has 200 valence electrons. The van der Waals surface area contributed by atoms with Crippen LogP contribution in [0, 0.1) is 0 Å². The Hall–Kier alpha value is -4.32. The van der Waals surface area contributed by atoms with Crippen molar-refractivity contribution in [1.29, 1.82) is 0 Å². The summed E-state index contributed by atoms with van der Waals surface area (Å²) in [6.45, 7) is 8.38. The zero-order chi connectivity index (χ0) is 27.9. The highest BCUT2D eigenvalue weighted by Crippen LogP contribution is 2.40. The number of nitrogens with zero attached hydrogens (tertiary/aromatic N) is 1. The summed E-state index contributed by atoms with van der Waals surface area (Å²) >= 11 is 0. The van der Waals surface area contributed by atoms with Crippen LogP contribution >= 0.6 is 0 Å². The van der Waals surface area contributed by atoms with Gasteiger partial charge in [0.2, 0.25) is 0 Å². The van der Waals surface area contributed by atoms with Gasteiger partial charge in [-0.05, 0) is 86.7 Å². The minimum Gasteiger partial charge on any atom is -0.456 e. The van der Waals surface area contributed by atoms with E-state index in [0.29, 0.717) is 0 Å². The first-order chi connectivity index (χ1) is 19.8. The van der Waals surface area contributed by atoms with Crippen molar-refractivity contribution in [3.05, 3.63) is 109 Å². The van der Waals surface area contributed by atoms with Gasteiger partial charge in [-0.2, -0.15) is 0 Å². The summed E-state index contributed by atoms with van der Waals surface area (Å²) in [5.41, 5.74) is 7.50. The highest BCUT2D eigenvalue weighted by Gasteiger charge is 2.52. The lowest BCUT2D eigenvalue weighted by molar-refractivity contribution is 0.00578. The number of furan rings is 1. The van der Waals surface area contributed by atoms with E-state index in [1.807, 2.05) is 12.1 Å². The van der Waals surface area contributed by atoms with E-state index in [1.165, 1.54) is 21.8 Å². The van der Waals surface area contributed by atoms with Gasteiger partial charge in [0.15, 0.2) is 0 Å². The Bertz CT molecular complexity index is 2100. The Labute approximate surface area is 239 Å². The molecule has 0 unspecified atom stereocenters. The maximum atomic E-state index is 6.58. The normalized spacial score (nSPS) is 16.4. The molecule has 8 rings (SSSR count). The van der Waals surface area contributed by atoms with Crippen molar-refractivity contribution in [1.82, 2.24) is 4.57 Å². The molecular formula is C36H30BNO3. The van der Waals surface area contributed by atoms with Crippen molar-refractivity contribution in [3.63, 3.8) is 0 Å². The van der Waals surface area contributed by atoms with Crippen molar-refractivity contribution in [2.45, 2.75) is 38.9 Å². The molecule has 0 spiro atoms. The zero-order valence-corrected chi connectivity index (χ0v) is 23.6. The largest absolute Gasteiger partial charge is 0.495 e. The third-order valence-electron chi connectivity index (χ3n) is 9.04. The van der Waals surface area contributed by atoms with Crippen molar-refractivity contribution in [2.24, 2.45) is 0 Å². The minimum atomic E-state index is -0.507. The maximum Gasteiger partial charge on any atom is 0.495 e. The van der Waals surface area contributed by atoms with E-state index in [0.717, 1.165) is 44.2 Å². The van der Waals surface area contributed by atoms with Gasteiger partial charge in [-0.3, -0.25) is 0 Å². The van der Waals surface area contributed by atoms with Gasteiger partial charge in [0.1, 0.15) is 11.2 Å². The molecule has 7 aromatic rings. The molecule has 0 amide bonds. The number of benzene rings is 5. The third kappa shape index (κ3) is 3.63. The van der Waals surface area contributed by atoms with Crippen LogP contribution in [0.25, 0.3) is 60.6 Å². The summed E-state index contributed by atoms with van der Waals surface area (Å²) in [5.74, 6) is 0. The van der Waals surface area contributed by atoms with Crippen molar-refractivity contribution in [2.75, 3.05) is 0 Å². The summed E-state index contributed by atoms with van der Waals surface area (Å²) < 4.78 is 21.9. The summed E-state index contributed by atoms with van der Waals surface area (Å²) in [5, 5.41) is 4.55. The maximum absolute atomic E-state index is 6.58. The average Bonchev–Trinajstić information content (AvgIpc) is 3.58. The summed E-state index contributed by atoms with van der Waals surface area (Å²) in [7, 11) is -0.507. The molecule has 1 fully saturated rings. The second kappa shape index (κ2) is 8.59. The molecule has 0 saturated carbocycles. The Balaban J connectivity index is 1.37. The fourth-order valence-corrected chi connectivity index (χ4v) is 6.22. The molecule has 1 aliphatic rings. The lowest BCUT2D eigenvalue weighted by Crippen LogP contribution is -2.41. The van der Waals surface area contributed by atoms with E-state index in [4.69, 9.17) is 13.7 Å². The van der Waals surface area contributed by atoms with Gasteiger partial charge in [-0.1, -0.05) is 66.7 Å². The topological polar surface area (TPSA) is 36.5 Å². The standard InChI is InChI=1S/C36H30BNO3/c1-35(2)36(3,4)41-37(40-35)29-21-24(22-33-34(29)27-15-9-11-17-32(27)39-33)23-18-19-31-28(20-23)26-14-8-10-16-30(26)38(31)25-12-6-5-7-13-25/h5-22H,1-4H3. The first-order valence-electron chi connectivity index (χ1n) is 14.2. The van der Waals surface area contributed by atoms with E-state index < -0.39 is 18.3 Å². The van der Waals surface area contributed by atoms with Gasteiger partial charge in [-0.25, -0.2) is 0 Å². The molecule has 4 nitrogen and oxygen atoms in total. The van der Waals surface area contributed by atoms with E-state index in [9.17, 15) is 0 Å². The van der Waals surface area contributed by atoms with Crippen LogP contribution in [0.2, 0.25) is 0 Å². The molecule has 0 N–H and O–H groups in total. The monoisotopic (exact) mass is 535 g/mol. The number of hydrogen-bond acceptors (Lipinski definition) is 3. The number of fused-ring (bicyclic) bond motifs is 6. The van der Waals surface area contributed by atoms with Crippen molar-refractivity contribution in [3.8, 4) is 16.8 Å². The smallest absolute Gasteiger partial charge is 0.456 e. The Morgan fingerprint density at radius 3 is 2.00 bits per heavy atom. The quantitative estimate of drug-likeness (QED) is 0.213. The van der Waals surface area contributed by atoms with Crippen LogP contribution in [-0.2, 0) is 9.31 Å². The second-order valence-electron chi connectivity index (χ2n) is 12.0. The molecule has 2 aromatic heterocycles. The fraction of sp³-hybridized carbons (Fsp3) is 0.167. The Kier molecular flexibility index (Phi) is 5.13. The van der Waals surface area contributed by atoms with Crippen molar-refractivity contribution >= 4 is 56.3 Å². The molecule has 0 bridgehead atoms. The van der Waals surface area contributed by atoms with Gasteiger partial charge in [0.25, 0.3) is 0 Å². The van der Waals surface area contributed by atoms with E-state index in [-0.39, 0.29) is 0 Å². The van der Waals surface area contributed by atoms with Gasteiger partial charge in [0, 0.05) is 27.2 Å². The molecule has 5 heteroatoms. The van der Waals surface area contributed by atoms with Crippen LogP contribution in [0.15, 0.2) is 114 Å². The number of aromatic nitrogens is 1. The summed E-state index contributed by atoms with van der Waals surface area (Å²) in [6.07, 6.45) is 0. The first kappa shape index (κ1) is 24.5. The van der Waals surface area contributed by atoms with Gasteiger partial charge < -0.3 is 18.3 Å².